The third kappa shape index (κ3) is 2.95. The highest BCUT2D eigenvalue weighted by Gasteiger charge is 2.36. The van der Waals surface area contributed by atoms with E-state index in [-0.39, 0.29) is 5.41 Å². The molecule has 0 amide bonds. The summed E-state index contributed by atoms with van der Waals surface area (Å²) in [5.41, 5.74) is 8.44. The largest absolute Gasteiger partial charge is 0.496 e. The maximum atomic E-state index is 6.18. The average Bonchev–Trinajstić information content (AvgIpc) is 2.54. The summed E-state index contributed by atoms with van der Waals surface area (Å²) >= 11 is 0. The lowest BCUT2D eigenvalue weighted by Gasteiger charge is -2.38. The van der Waals surface area contributed by atoms with Crippen molar-refractivity contribution in [2.45, 2.75) is 37.5 Å². The first-order valence-corrected chi connectivity index (χ1v) is 7.72. The van der Waals surface area contributed by atoms with Gasteiger partial charge in [0.1, 0.15) is 11.5 Å². The summed E-state index contributed by atoms with van der Waals surface area (Å²) in [5, 5.41) is 0. The van der Waals surface area contributed by atoms with Crippen molar-refractivity contribution in [3.63, 3.8) is 0 Å². The highest BCUT2D eigenvalue weighted by molar-refractivity contribution is 5.64. The molecule has 1 aromatic rings. The molecule has 0 radical (unpaired) electrons. The van der Waals surface area contributed by atoms with Crippen LogP contribution >= 0.6 is 0 Å². The Bertz CT molecular complexity index is 480. The molecule has 2 N–H and O–H groups in total. The van der Waals surface area contributed by atoms with Crippen molar-refractivity contribution in [3.05, 3.63) is 17.7 Å². The van der Waals surface area contributed by atoms with Crippen LogP contribution in [-0.2, 0) is 5.41 Å². The topological polar surface area (TPSA) is 47.7 Å². The molecule has 4 nitrogen and oxygen atoms in total. The lowest BCUT2D eigenvalue weighted by molar-refractivity contribution is 0.286. The van der Waals surface area contributed by atoms with E-state index in [0.29, 0.717) is 6.54 Å². The quantitative estimate of drug-likeness (QED) is 0.906. The number of nitrogens with two attached hydrogens (primary N) is 1. The summed E-state index contributed by atoms with van der Waals surface area (Å²) in [6.45, 7) is 0.661. The number of rotatable bonds is 5. The van der Waals surface area contributed by atoms with E-state index in [9.17, 15) is 0 Å². The molecule has 0 spiro atoms. The summed E-state index contributed by atoms with van der Waals surface area (Å²) in [5.74, 6) is 1.81. The fourth-order valence-corrected chi connectivity index (χ4v) is 3.46. The van der Waals surface area contributed by atoms with Crippen LogP contribution in [0.2, 0.25) is 0 Å². The van der Waals surface area contributed by atoms with Gasteiger partial charge in [0.15, 0.2) is 0 Å². The van der Waals surface area contributed by atoms with E-state index in [4.69, 9.17) is 15.2 Å². The van der Waals surface area contributed by atoms with E-state index in [2.05, 4.69) is 12.1 Å². The third-order valence-corrected chi connectivity index (χ3v) is 4.76. The molecule has 0 aromatic heterocycles. The van der Waals surface area contributed by atoms with Crippen LogP contribution in [0.3, 0.4) is 0 Å². The van der Waals surface area contributed by atoms with Crippen LogP contribution in [0.5, 0.6) is 11.5 Å². The Balaban J connectivity index is 2.55. The predicted molar refractivity (Wildman–Crippen MR) is 87.7 cm³/mol. The molecule has 118 valence electrons. The van der Waals surface area contributed by atoms with Crippen LogP contribution in [0.4, 0.5) is 5.69 Å². The van der Waals surface area contributed by atoms with E-state index in [1.807, 2.05) is 19.0 Å². The molecular weight excluding hydrogens is 264 g/mol. The molecule has 4 heteroatoms. The van der Waals surface area contributed by atoms with Gasteiger partial charge in [0.2, 0.25) is 0 Å². The number of hydrogen-bond acceptors (Lipinski definition) is 4. The van der Waals surface area contributed by atoms with Crippen molar-refractivity contribution in [1.29, 1.82) is 0 Å². The van der Waals surface area contributed by atoms with Crippen molar-refractivity contribution in [2.24, 2.45) is 5.73 Å². The molecule has 0 bridgehead atoms. The first-order chi connectivity index (χ1) is 10.1. The molecule has 1 saturated carbocycles. The fourth-order valence-electron chi connectivity index (χ4n) is 3.46. The van der Waals surface area contributed by atoms with E-state index in [0.717, 1.165) is 30.0 Å². The van der Waals surface area contributed by atoms with Crippen molar-refractivity contribution in [3.8, 4) is 11.5 Å². The molecule has 0 saturated heterocycles. The lowest BCUT2D eigenvalue weighted by Crippen LogP contribution is -2.37. The van der Waals surface area contributed by atoms with Gasteiger partial charge in [0, 0.05) is 37.7 Å². The number of methoxy groups -OCH3 is 2. The van der Waals surface area contributed by atoms with Crippen molar-refractivity contribution < 1.29 is 9.47 Å². The molecule has 1 fully saturated rings. The summed E-state index contributed by atoms with van der Waals surface area (Å²) in [6, 6.07) is 4.20. The second kappa shape index (κ2) is 6.56. The number of hydrogen-bond donors (Lipinski definition) is 1. The minimum absolute atomic E-state index is 0.0295. The van der Waals surface area contributed by atoms with E-state index >= 15 is 0 Å². The molecule has 0 unspecified atom stereocenters. The second-order valence-electron chi connectivity index (χ2n) is 6.16. The van der Waals surface area contributed by atoms with Gasteiger partial charge < -0.3 is 20.1 Å². The highest BCUT2D eigenvalue weighted by Crippen LogP contribution is 2.46. The number of ether oxygens (including phenoxy) is 2. The molecule has 1 aliphatic rings. The summed E-state index contributed by atoms with van der Waals surface area (Å²) in [7, 11) is 7.47. The molecule has 21 heavy (non-hydrogen) atoms. The smallest absolute Gasteiger partial charge is 0.142 e. The first kappa shape index (κ1) is 16.0. The minimum atomic E-state index is 0.0295. The number of benzene rings is 1. The molecule has 0 atom stereocenters. The first-order valence-electron chi connectivity index (χ1n) is 7.72. The van der Waals surface area contributed by atoms with Crippen LogP contribution in [0.1, 0.15) is 37.7 Å². The molecular formula is C17H28N2O2. The Kier molecular flexibility index (Phi) is 4.99. The zero-order chi connectivity index (χ0) is 15.5. The molecule has 1 aromatic carbocycles. The molecule has 0 heterocycles. The lowest BCUT2D eigenvalue weighted by atomic mass is 9.69. The summed E-state index contributed by atoms with van der Waals surface area (Å²) in [4.78, 5) is 2.04. The average molecular weight is 292 g/mol. The molecule has 2 rings (SSSR count). The number of nitrogens with zero attached hydrogens (tertiary/aromatic N) is 1. The number of anilines is 1. The van der Waals surface area contributed by atoms with Gasteiger partial charge >= 0.3 is 0 Å². The highest BCUT2D eigenvalue weighted by atomic mass is 16.5. The van der Waals surface area contributed by atoms with Gasteiger partial charge in [0.25, 0.3) is 0 Å². The molecule has 1 aliphatic carbocycles. The minimum Gasteiger partial charge on any atom is -0.496 e. The Morgan fingerprint density at radius 1 is 1.05 bits per heavy atom. The maximum Gasteiger partial charge on any atom is 0.142 e. The standard InChI is InChI=1S/C17H28N2O2/c1-19(2)14-11-15(20-3)13(10-16(14)21-4)17(12-18)8-6-5-7-9-17/h10-11H,5-9,12,18H2,1-4H3. The maximum absolute atomic E-state index is 6.18. The monoisotopic (exact) mass is 292 g/mol. The summed E-state index contributed by atoms with van der Waals surface area (Å²) < 4.78 is 11.3. The van der Waals surface area contributed by atoms with Gasteiger partial charge in [-0.25, -0.2) is 0 Å². The zero-order valence-electron chi connectivity index (χ0n) is 13.7. The normalized spacial score (nSPS) is 17.4. The van der Waals surface area contributed by atoms with Crippen LogP contribution in [0.15, 0.2) is 12.1 Å². The summed E-state index contributed by atoms with van der Waals surface area (Å²) in [6.07, 6.45) is 6.03. The van der Waals surface area contributed by atoms with E-state index in [1.54, 1.807) is 14.2 Å². The zero-order valence-corrected chi connectivity index (χ0v) is 13.7. The Hall–Kier alpha value is -1.42. The third-order valence-electron chi connectivity index (χ3n) is 4.76. The van der Waals surface area contributed by atoms with Gasteiger partial charge in [-0.1, -0.05) is 19.3 Å². The molecule has 0 aliphatic heterocycles. The van der Waals surface area contributed by atoms with Crippen LogP contribution < -0.4 is 20.1 Å². The van der Waals surface area contributed by atoms with Gasteiger partial charge in [-0.3, -0.25) is 0 Å². The Morgan fingerprint density at radius 2 is 1.67 bits per heavy atom. The van der Waals surface area contributed by atoms with Crippen LogP contribution in [0, 0.1) is 0 Å². The van der Waals surface area contributed by atoms with Gasteiger partial charge in [-0.2, -0.15) is 0 Å². The van der Waals surface area contributed by atoms with Gasteiger partial charge in [-0.15, -0.1) is 0 Å². The van der Waals surface area contributed by atoms with Crippen molar-refractivity contribution in [1.82, 2.24) is 0 Å². The van der Waals surface area contributed by atoms with Crippen LogP contribution in [-0.4, -0.2) is 34.9 Å². The SMILES string of the molecule is COc1cc(C2(CN)CCCCC2)c(OC)cc1N(C)C. The van der Waals surface area contributed by atoms with Crippen LogP contribution in [0.25, 0.3) is 0 Å². The van der Waals surface area contributed by atoms with Crippen molar-refractivity contribution in [2.75, 3.05) is 39.8 Å². The van der Waals surface area contributed by atoms with Crippen molar-refractivity contribution >= 4 is 5.69 Å². The Morgan fingerprint density at radius 3 is 2.14 bits per heavy atom. The van der Waals surface area contributed by atoms with E-state index < -0.39 is 0 Å². The predicted octanol–water partition coefficient (Wildman–Crippen LogP) is 2.93. The fraction of sp³-hybridized carbons (Fsp3) is 0.647. The van der Waals surface area contributed by atoms with Gasteiger partial charge in [0.05, 0.1) is 19.9 Å². The second-order valence-corrected chi connectivity index (χ2v) is 6.16. The Labute approximate surface area is 128 Å². The van der Waals surface area contributed by atoms with Gasteiger partial charge in [-0.05, 0) is 18.9 Å². The van der Waals surface area contributed by atoms with E-state index in [1.165, 1.54) is 24.8 Å².